The molecule has 4 rings (SSSR count). The van der Waals surface area contributed by atoms with Crippen molar-refractivity contribution < 1.29 is 0 Å². The second-order valence-electron chi connectivity index (χ2n) is 5.82. The average Bonchev–Trinajstić information content (AvgIpc) is 2.65. The Hall–Kier alpha value is -3.47. The monoisotopic (exact) mass is 327 g/mol. The lowest BCUT2D eigenvalue weighted by Crippen LogP contribution is -2.02. The van der Waals surface area contributed by atoms with Gasteiger partial charge in [0.1, 0.15) is 0 Å². The predicted molar refractivity (Wildman–Crippen MR) is 101 cm³/mol. The summed E-state index contributed by atoms with van der Waals surface area (Å²) in [4.78, 5) is 4.06. The van der Waals surface area contributed by atoms with Crippen molar-refractivity contribution in [1.82, 2.24) is 15.2 Å². The highest BCUT2D eigenvalue weighted by Crippen LogP contribution is 2.27. The molecule has 0 radical (unpaired) electrons. The Morgan fingerprint density at radius 2 is 1.64 bits per heavy atom. The third-order valence-electron chi connectivity index (χ3n) is 4.03. The Morgan fingerprint density at radius 1 is 0.840 bits per heavy atom. The van der Waals surface area contributed by atoms with Crippen molar-refractivity contribution in [3.8, 4) is 0 Å². The molecule has 0 saturated heterocycles. The van der Waals surface area contributed by atoms with Gasteiger partial charge in [-0.3, -0.25) is 4.98 Å². The van der Waals surface area contributed by atoms with Crippen LogP contribution >= 0.6 is 0 Å². The summed E-state index contributed by atoms with van der Waals surface area (Å²) in [6, 6.07) is 19.7. The van der Waals surface area contributed by atoms with E-state index in [0.29, 0.717) is 12.1 Å². The lowest BCUT2D eigenvalue weighted by molar-refractivity contribution is 0.960. The molecule has 2 aromatic heterocycles. The first-order valence-corrected chi connectivity index (χ1v) is 8.05. The minimum Gasteiger partial charge on any atom is -0.399 e. The van der Waals surface area contributed by atoms with Crippen LogP contribution in [0.5, 0.6) is 0 Å². The quantitative estimate of drug-likeness (QED) is 0.555. The van der Waals surface area contributed by atoms with Crippen molar-refractivity contribution in [2.45, 2.75) is 6.42 Å². The fourth-order valence-electron chi connectivity index (χ4n) is 2.83. The Labute approximate surface area is 145 Å². The predicted octanol–water partition coefficient (Wildman–Crippen LogP) is 3.94. The summed E-state index contributed by atoms with van der Waals surface area (Å²) in [6.45, 7) is 0. The van der Waals surface area contributed by atoms with E-state index in [0.717, 1.165) is 33.5 Å². The molecule has 0 aliphatic carbocycles. The molecule has 0 aliphatic heterocycles. The van der Waals surface area contributed by atoms with Gasteiger partial charge in [0.25, 0.3) is 0 Å². The highest BCUT2D eigenvalue weighted by atomic mass is 15.2. The van der Waals surface area contributed by atoms with Crippen LogP contribution in [0.4, 0.5) is 17.2 Å². The fourth-order valence-corrected chi connectivity index (χ4v) is 2.83. The molecule has 0 fully saturated rings. The number of fused-ring (bicyclic) bond motifs is 1. The number of nitrogens with one attached hydrogen (secondary N) is 1. The molecule has 3 N–H and O–H groups in total. The van der Waals surface area contributed by atoms with Gasteiger partial charge >= 0.3 is 0 Å². The number of rotatable bonds is 4. The zero-order chi connectivity index (χ0) is 17.1. The van der Waals surface area contributed by atoms with Crippen LogP contribution in [0.3, 0.4) is 0 Å². The van der Waals surface area contributed by atoms with E-state index in [-0.39, 0.29) is 0 Å². The number of anilines is 3. The topological polar surface area (TPSA) is 76.7 Å². The Bertz CT molecular complexity index is 1010. The molecule has 122 valence electrons. The minimum atomic E-state index is 0.705. The van der Waals surface area contributed by atoms with Crippen LogP contribution in [-0.2, 0) is 6.42 Å². The standard InChI is InChI=1S/C20H17N5/c21-15-4-3-5-16(13-15)23-20-18-7-2-1-6-17(18)19(24-25-20)12-14-8-10-22-11-9-14/h1-11,13H,12,21H2,(H,23,25). The Balaban J connectivity index is 1.74. The molecule has 2 aromatic carbocycles. The Kier molecular flexibility index (Phi) is 3.96. The van der Waals surface area contributed by atoms with Gasteiger partial charge in [0, 0.05) is 41.0 Å². The van der Waals surface area contributed by atoms with Crippen LogP contribution in [-0.4, -0.2) is 15.2 Å². The number of benzene rings is 2. The van der Waals surface area contributed by atoms with Crippen LogP contribution in [0, 0.1) is 0 Å². The van der Waals surface area contributed by atoms with E-state index < -0.39 is 0 Å². The van der Waals surface area contributed by atoms with Gasteiger partial charge in [-0.1, -0.05) is 30.3 Å². The van der Waals surface area contributed by atoms with Crippen molar-refractivity contribution in [1.29, 1.82) is 0 Å². The summed E-state index contributed by atoms with van der Waals surface area (Å²) >= 11 is 0. The summed E-state index contributed by atoms with van der Waals surface area (Å²) in [5, 5.41) is 14.3. The molecular formula is C20H17N5. The van der Waals surface area contributed by atoms with E-state index in [1.54, 1.807) is 12.4 Å². The molecule has 0 aliphatic rings. The van der Waals surface area contributed by atoms with Gasteiger partial charge in [-0.05, 0) is 35.9 Å². The van der Waals surface area contributed by atoms with E-state index >= 15 is 0 Å². The second-order valence-corrected chi connectivity index (χ2v) is 5.82. The molecule has 0 bridgehead atoms. The summed E-state index contributed by atoms with van der Waals surface area (Å²) in [5.74, 6) is 0.722. The molecule has 0 amide bonds. The molecule has 0 atom stereocenters. The van der Waals surface area contributed by atoms with Crippen molar-refractivity contribution in [3.63, 3.8) is 0 Å². The van der Waals surface area contributed by atoms with E-state index in [4.69, 9.17) is 5.73 Å². The summed E-state index contributed by atoms with van der Waals surface area (Å²) in [7, 11) is 0. The van der Waals surface area contributed by atoms with Crippen molar-refractivity contribution in [2.24, 2.45) is 0 Å². The SMILES string of the molecule is Nc1cccc(Nc2nnc(Cc3ccncc3)c3ccccc23)c1. The highest BCUT2D eigenvalue weighted by Gasteiger charge is 2.10. The molecule has 5 nitrogen and oxygen atoms in total. The zero-order valence-electron chi connectivity index (χ0n) is 13.6. The van der Waals surface area contributed by atoms with Gasteiger partial charge in [0.15, 0.2) is 5.82 Å². The third-order valence-corrected chi connectivity index (χ3v) is 4.03. The van der Waals surface area contributed by atoms with Crippen LogP contribution in [0.25, 0.3) is 10.8 Å². The number of nitrogen functional groups attached to an aromatic ring is 1. The molecule has 5 heteroatoms. The lowest BCUT2D eigenvalue weighted by atomic mass is 10.0. The van der Waals surface area contributed by atoms with Crippen molar-refractivity contribution in [3.05, 3.63) is 84.3 Å². The van der Waals surface area contributed by atoms with Gasteiger partial charge in [0.05, 0.1) is 5.69 Å². The number of nitrogens with two attached hydrogens (primary N) is 1. The van der Waals surface area contributed by atoms with Crippen LogP contribution in [0.2, 0.25) is 0 Å². The summed E-state index contributed by atoms with van der Waals surface area (Å²) < 4.78 is 0. The second kappa shape index (κ2) is 6.57. The van der Waals surface area contributed by atoms with E-state index in [2.05, 4.69) is 32.6 Å². The van der Waals surface area contributed by atoms with Gasteiger partial charge in [-0.25, -0.2) is 0 Å². The molecular weight excluding hydrogens is 310 g/mol. The summed E-state index contributed by atoms with van der Waals surface area (Å²) in [5.41, 5.74) is 9.55. The first-order chi connectivity index (χ1) is 12.3. The molecule has 0 spiro atoms. The molecule has 25 heavy (non-hydrogen) atoms. The molecule has 2 heterocycles. The maximum Gasteiger partial charge on any atom is 0.160 e. The van der Waals surface area contributed by atoms with E-state index in [9.17, 15) is 0 Å². The first kappa shape index (κ1) is 15.1. The number of hydrogen-bond acceptors (Lipinski definition) is 5. The molecule has 0 unspecified atom stereocenters. The first-order valence-electron chi connectivity index (χ1n) is 8.05. The van der Waals surface area contributed by atoms with Gasteiger partial charge in [0.2, 0.25) is 0 Å². The smallest absolute Gasteiger partial charge is 0.160 e. The van der Waals surface area contributed by atoms with Gasteiger partial charge in [-0.2, -0.15) is 5.10 Å². The lowest BCUT2D eigenvalue weighted by Gasteiger charge is -2.11. The minimum absolute atomic E-state index is 0.705. The van der Waals surface area contributed by atoms with E-state index in [1.165, 1.54) is 0 Å². The largest absolute Gasteiger partial charge is 0.399 e. The highest BCUT2D eigenvalue weighted by molar-refractivity contribution is 5.94. The number of aromatic nitrogens is 3. The average molecular weight is 327 g/mol. The van der Waals surface area contributed by atoms with Gasteiger partial charge < -0.3 is 11.1 Å². The molecule has 4 aromatic rings. The number of hydrogen-bond donors (Lipinski definition) is 2. The van der Waals surface area contributed by atoms with Crippen molar-refractivity contribution >= 4 is 28.0 Å². The third kappa shape index (κ3) is 3.26. The summed E-state index contributed by atoms with van der Waals surface area (Å²) in [6.07, 6.45) is 4.30. The van der Waals surface area contributed by atoms with Crippen LogP contribution in [0.1, 0.15) is 11.3 Å². The van der Waals surface area contributed by atoms with E-state index in [1.807, 2.05) is 48.5 Å². The number of nitrogens with zero attached hydrogens (tertiary/aromatic N) is 3. The maximum absolute atomic E-state index is 5.85. The Morgan fingerprint density at radius 3 is 2.44 bits per heavy atom. The van der Waals surface area contributed by atoms with Crippen molar-refractivity contribution in [2.75, 3.05) is 11.1 Å². The maximum atomic E-state index is 5.85. The van der Waals surface area contributed by atoms with Gasteiger partial charge in [-0.15, -0.1) is 5.10 Å². The van der Waals surface area contributed by atoms with Crippen LogP contribution < -0.4 is 11.1 Å². The molecule has 0 saturated carbocycles. The normalized spacial score (nSPS) is 10.7. The van der Waals surface area contributed by atoms with Crippen LogP contribution in [0.15, 0.2) is 73.1 Å². The number of pyridine rings is 1. The fraction of sp³-hybridized carbons (Fsp3) is 0.0500. The zero-order valence-corrected chi connectivity index (χ0v) is 13.6.